The van der Waals surface area contributed by atoms with Crippen LogP contribution in [0.2, 0.25) is 0 Å². The maximum Gasteiger partial charge on any atom is 0.122 e. The van der Waals surface area contributed by atoms with Crippen molar-refractivity contribution in [2.45, 2.75) is 45.1 Å². The number of hydrogen-bond acceptors (Lipinski definition) is 3. The van der Waals surface area contributed by atoms with Crippen LogP contribution in [-0.4, -0.2) is 13.2 Å². The number of fused-ring (bicyclic) bond motifs is 1. The Hall–Kier alpha value is -1.53. The fourth-order valence-corrected chi connectivity index (χ4v) is 3.16. The van der Waals surface area contributed by atoms with Crippen molar-refractivity contribution in [3.8, 4) is 11.8 Å². The maximum atomic E-state index is 8.87. The first-order valence-corrected chi connectivity index (χ1v) is 7.63. The molecule has 0 heterocycles. The zero-order chi connectivity index (χ0) is 14.0. The van der Waals surface area contributed by atoms with E-state index in [0.29, 0.717) is 19.1 Å². The summed E-state index contributed by atoms with van der Waals surface area (Å²) >= 11 is 0. The fraction of sp³-hybridized carbons (Fsp3) is 0.588. The first-order chi connectivity index (χ1) is 9.78. The van der Waals surface area contributed by atoms with Crippen LogP contribution in [0.25, 0.3) is 0 Å². The summed E-state index contributed by atoms with van der Waals surface area (Å²) in [6.45, 7) is 3.85. The molecule has 1 atom stereocenters. The topological polar surface area (TPSA) is 45.0 Å². The molecule has 0 aromatic heterocycles. The zero-order valence-corrected chi connectivity index (χ0v) is 12.1. The van der Waals surface area contributed by atoms with E-state index in [1.54, 1.807) is 0 Å². The minimum Gasteiger partial charge on any atom is -0.493 e. The van der Waals surface area contributed by atoms with Crippen molar-refractivity contribution in [2.75, 3.05) is 13.2 Å². The number of nitrogens with one attached hydrogen (secondary N) is 1. The predicted octanol–water partition coefficient (Wildman–Crippen LogP) is 3.36. The maximum absolute atomic E-state index is 8.87. The molecule has 0 spiro atoms. The van der Waals surface area contributed by atoms with Gasteiger partial charge in [0, 0.05) is 17.9 Å². The lowest BCUT2D eigenvalue weighted by Crippen LogP contribution is -2.18. The minimum atomic E-state index is 0.150. The van der Waals surface area contributed by atoms with E-state index in [1.807, 2.05) is 0 Å². The minimum absolute atomic E-state index is 0.150. The average molecular weight is 270 g/mol. The summed E-state index contributed by atoms with van der Waals surface area (Å²) in [7, 11) is 0. The van der Waals surface area contributed by atoms with Crippen molar-refractivity contribution >= 4 is 0 Å². The molecule has 1 aromatic carbocycles. The summed E-state index contributed by atoms with van der Waals surface area (Å²) in [5.41, 5.74) is 2.91. The van der Waals surface area contributed by atoms with Gasteiger partial charge in [-0.2, -0.15) is 5.26 Å². The molecule has 3 heteroatoms. The van der Waals surface area contributed by atoms with Crippen LogP contribution in [0, 0.1) is 16.7 Å². The van der Waals surface area contributed by atoms with Gasteiger partial charge in [0.15, 0.2) is 0 Å². The van der Waals surface area contributed by atoms with E-state index in [2.05, 4.69) is 36.5 Å². The predicted molar refractivity (Wildman–Crippen MR) is 78.6 cm³/mol. The Morgan fingerprint density at radius 1 is 1.45 bits per heavy atom. The second-order valence-corrected chi connectivity index (χ2v) is 6.10. The van der Waals surface area contributed by atoms with Gasteiger partial charge in [-0.3, -0.25) is 0 Å². The van der Waals surface area contributed by atoms with Gasteiger partial charge in [-0.05, 0) is 49.4 Å². The van der Waals surface area contributed by atoms with Crippen molar-refractivity contribution < 1.29 is 4.74 Å². The third kappa shape index (κ3) is 2.53. The highest BCUT2D eigenvalue weighted by atomic mass is 16.5. The normalized spacial score (nSPS) is 22.1. The monoisotopic (exact) mass is 270 g/mol. The molecule has 20 heavy (non-hydrogen) atoms. The van der Waals surface area contributed by atoms with E-state index >= 15 is 0 Å². The smallest absolute Gasteiger partial charge is 0.122 e. The number of rotatable bonds is 6. The van der Waals surface area contributed by atoms with Crippen molar-refractivity contribution in [3.05, 3.63) is 29.3 Å². The zero-order valence-electron chi connectivity index (χ0n) is 12.1. The van der Waals surface area contributed by atoms with Crippen molar-refractivity contribution in [1.29, 1.82) is 5.26 Å². The first-order valence-electron chi connectivity index (χ1n) is 7.63. The van der Waals surface area contributed by atoms with Crippen LogP contribution in [0.4, 0.5) is 0 Å². The molecule has 1 N–H and O–H groups in total. The van der Waals surface area contributed by atoms with Gasteiger partial charge >= 0.3 is 0 Å². The highest BCUT2D eigenvalue weighted by Crippen LogP contribution is 2.49. The van der Waals surface area contributed by atoms with Gasteiger partial charge in [-0.1, -0.05) is 19.1 Å². The molecule has 1 unspecified atom stereocenters. The van der Waals surface area contributed by atoms with Gasteiger partial charge < -0.3 is 10.1 Å². The standard InChI is InChI=1S/C17H22N2O/c1-2-19-15-7-6-14-13(15)4-3-5-16(14)20-12-17(8-9-17)10-11-18/h3-5,15,19H,2,6-10,12H2,1H3. The number of benzene rings is 1. The van der Waals surface area contributed by atoms with Crippen LogP contribution in [0.15, 0.2) is 18.2 Å². The van der Waals surface area contributed by atoms with Gasteiger partial charge in [-0.25, -0.2) is 0 Å². The molecule has 1 saturated carbocycles. The fourth-order valence-electron chi connectivity index (χ4n) is 3.16. The number of nitriles is 1. The molecule has 3 rings (SSSR count). The highest BCUT2D eigenvalue weighted by molar-refractivity contribution is 5.45. The van der Waals surface area contributed by atoms with Crippen molar-refractivity contribution in [3.63, 3.8) is 0 Å². The van der Waals surface area contributed by atoms with Crippen LogP contribution in [0.3, 0.4) is 0 Å². The third-order valence-electron chi connectivity index (χ3n) is 4.62. The highest BCUT2D eigenvalue weighted by Gasteiger charge is 2.43. The van der Waals surface area contributed by atoms with Crippen molar-refractivity contribution in [1.82, 2.24) is 5.32 Å². The molecule has 0 amide bonds. The molecule has 2 aliphatic carbocycles. The number of hydrogen-bond donors (Lipinski definition) is 1. The molecule has 1 fully saturated rings. The molecule has 0 radical (unpaired) electrons. The van der Waals surface area contributed by atoms with Gasteiger partial charge in [0.05, 0.1) is 12.7 Å². The lowest BCUT2D eigenvalue weighted by molar-refractivity contribution is 0.235. The number of ether oxygens (including phenoxy) is 1. The Balaban J connectivity index is 1.71. The molecule has 2 aliphatic rings. The second-order valence-electron chi connectivity index (χ2n) is 6.10. The van der Waals surface area contributed by atoms with Gasteiger partial charge in [0.25, 0.3) is 0 Å². The average Bonchev–Trinajstić information content (AvgIpc) is 3.10. The Bertz CT molecular complexity index is 528. The molecule has 3 nitrogen and oxygen atoms in total. The lowest BCUT2D eigenvalue weighted by Gasteiger charge is -2.16. The molecule has 0 aliphatic heterocycles. The van der Waals surface area contributed by atoms with E-state index in [0.717, 1.165) is 38.0 Å². The van der Waals surface area contributed by atoms with Gasteiger partial charge in [-0.15, -0.1) is 0 Å². The Kier molecular flexibility index (Phi) is 3.67. The summed E-state index contributed by atoms with van der Waals surface area (Å²) in [6, 6.07) is 9.16. The van der Waals surface area contributed by atoms with Crippen LogP contribution in [0.1, 0.15) is 49.8 Å². The first kappa shape index (κ1) is 13.5. The van der Waals surface area contributed by atoms with Crippen LogP contribution in [-0.2, 0) is 6.42 Å². The molecular formula is C17H22N2O. The largest absolute Gasteiger partial charge is 0.493 e. The SMILES string of the molecule is CCNC1CCc2c(OCC3(CC#N)CC3)cccc21. The van der Waals surface area contributed by atoms with E-state index in [9.17, 15) is 0 Å². The van der Waals surface area contributed by atoms with Crippen molar-refractivity contribution in [2.24, 2.45) is 5.41 Å². The Morgan fingerprint density at radius 3 is 3.00 bits per heavy atom. The lowest BCUT2D eigenvalue weighted by atomic mass is 10.0. The molecule has 106 valence electrons. The summed E-state index contributed by atoms with van der Waals surface area (Å²) in [6.07, 6.45) is 5.15. The van der Waals surface area contributed by atoms with Gasteiger partial charge in [0.1, 0.15) is 5.75 Å². The van der Waals surface area contributed by atoms with Gasteiger partial charge in [0.2, 0.25) is 0 Å². The van der Waals surface area contributed by atoms with E-state index in [-0.39, 0.29) is 5.41 Å². The number of nitrogens with zero attached hydrogens (tertiary/aromatic N) is 1. The summed E-state index contributed by atoms with van der Waals surface area (Å²) in [4.78, 5) is 0. The summed E-state index contributed by atoms with van der Waals surface area (Å²) in [5, 5.41) is 12.4. The van der Waals surface area contributed by atoms with Crippen LogP contribution < -0.4 is 10.1 Å². The van der Waals surface area contributed by atoms with Crippen LogP contribution >= 0.6 is 0 Å². The second kappa shape index (κ2) is 5.46. The van der Waals surface area contributed by atoms with E-state index in [1.165, 1.54) is 11.1 Å². The summed E-state index contributed by atoms with van der Waals surface area (Å²) < 4.78 is 6.08. The third-order valence-corrected chi connectivity index (χ3v) is 4.62. The molecule has 1 aromatic rings. The Labute approximate surface area is 120 Å². The Morgan fingerprint density at radius 2 is 2.30 bits per heavy atom. The molecule has 0 saturated heterocycles. The van der Waals surface area contributed by atoms with E-state index in [4.69, 9.17) is 10.00 Å². The van der Waals surface area contributed by atoms with Crippen LogP contribution in [0.5, 0.6) is 5.75 Å². The molecule has 0 bridgehead atoms. The summed E-state index contributed by atoms with van der Waals surface area (Å²) in [5.74, 6) is 1.03. The molecular weight excluding hydrogens is 248 g/mol. The van der Waals surface area contributed by atoms with E-state index < -0.39 is 0 Å². The quantitative estimate of drug-likeness (QED) is 0.862.